The van der Waals surface area contributed by atoms with Crippen molar-refractivity contribution in [1.82, 2.24) is 0 Å². The summed E-state index contributed by atoms with van der Waals surface area (Å²) in [5.41, 5.74) is 2.48. The Labute approximate surface area is 176 Å². The number of ether oxygens (including phenoxy) is 2. The molecule has 1 saturated heterocycles. The molecule has 1 fully saturated rings. The molecule has 4 rings (SSSR count). The molecule has 152 valence electrons. The summed E-state index contributed by atoms with van der Waals surface area (Å²) in [5.74, 6) is -0.385. The van der Waals surface area contributed by atoms with Crippen LogP contribution >= 0.6 is 0 Å². The van der Waals surface area contributed by atoms with Crippen molar-refractivity contribution < 1.29 is 23.6 Å². The van der Waals surface area contributed by atoms with E-state index in [1.165, 1.54) is 0 Å². The van der Waals surface area contributed by atoms with E-state index in [1.807, 2.05) is 66.7 Å². The second-order valence-corrected chi connectivity index (χ2v) is 7.05. The lowest BCUT2D eigenvalue weighted by Gasteiger charge is -2.35. The first-order valence-electron chi connectivity index (χ1n) is 9.99. The summed E-state index contributed by atoms with van der Waals surface area (Å²) in [7, 11) is -0.525. The number of rotatable bonds is 7. The van der Waals surface area contributed by atoms with Crippen LogP contribution in [0.15, 0.2) is 91.0 Å². The van der Waals surface area contributed by atoms with E-state index in [9.17, 15) is 4.79 Å². The van der Waals surface area contributed by atoms with Gasteiger partial charge < -0.3 is 18.8 Å². The van der Waals surface area contributed by atoms with Gasteiger partial charge in [-0.3, -0.25) is 0 Å². The summed E-state index contributed by atoms with van der Waals surface area (Å²) in [6, 6.07) is 28.5. The zero-order valence-corrected chi connectivity index (χ0v) is 16.6. The summed E-state index contributed by atoms with van der Waals surface area (Å²) in [6.07, 6.45) is -0.797. The molecule has 0 N–H and O–H groups in total. The summed E-state index contributed by atoms with van der Waals surface area (Å²) >= 11 is 0. The predicted octanol–water partition coefficient (Wildman–Crippen LogP) is 3.24. The molecule has 0 aromatic heterocycles. The van der Waals surface area contributed by atoms with Crippen molar-refractivity contribution in [1.29, 1.82) is 0 Å². The number of benzene rings is 3. The summed E-state index contributed by atoms with van der Waals surface area (Å²) < 4.78 is 23.6. The molecule has 3 aromatic carbocycles. The molecule has 0 saturated carbocycles. The fraction of sp³-hybridized carbons (Fsp3) is 0.208. The van der Waals surface area contributed by atoms with Crippen LogP contribution in [0.5, 0.6) is 0 Å². The minimum absolute atomic E-state index is 0.0832. The normalized spacial score (nSPS) is 18.7. The average molecular weight is 402 g/mol. The number of carbonyl (C=O) groups excluding carboxylic acids is 1. The Balaban J connectivity index is 1.42. The number of esters is 1. The summed E-state index contributed by atoms with van der Waals surface area (Å²) in [6.45, 7) is 0.858. The molecule has 5 nitrogen and oxygen atoms in total. The molecule has 0 unspecified atom stereocenters. The van der Waals surface area contributed by atoms with Crippen LogP contribution in [0.1, 0.15) is 15.9 Å². The van der Waals surface area contributed by atoms with Crippen molar-refractivity contribution in [2.24, 2.45) is 0 Å². The van der Waals surface area contributed by atoms with Gasteiger partial charge in [0.05, 0.1) is 18.8 Å². The first-order chi connectivity index (χ1) is 14.8. The molecule has 0 bridgehead atoms. The lowest BCUT2D eigenvalue weighted by atomic mass is 9.77. The largest absolute Gasteiger partial charge is 0.494 e. The third-order valence-electron chi connectivity index (χ3n) is 4.89. The Morgan fingerprint density at radius 1 is 0.900 bits per heavy atom. The fourth-order valence-electron chi connectivity index (χ4n) is 3.26. The minimum Gasteiger partial charge on any atom is -0.459 e. The van der Waals surface area contributed by atoms with Gasteiger partial charge in [0.2, 0.25) is 0 Å². The van der Waals surface area contributed by atoms with Gasteiger partial charge in [0.15, 0.2) is 0 Å². The van der Waals surface area contributed by atoms with Gasteiger partial charge >= 0.3 is 13.1 Å². The molecule has 0 aliphatic carbocycles. The maximum Gasteiger partial charge on any atom is 0.494 e. The van der Waals surface area contributed by atoms with Gasteiger partial charge in [-0.25, -0.2) is 4.79 Å². The molecule has 0 amide bonds. The van der Waals surface area contributed by atoms with Crippen LogP contribution in [0.3, 0.4) is 0 Å². The highest BCUT2D eigenvalue weighted by Crippen LogP contribution is 2.17. The Bertz CT molecular complexity index is 920. The summed E-state index contributed by atoms with van der Waals surface area (Å²) in [4.78, 5) is 12.4. The molecular formula is C24H23BO5. The van der Waals surface area contributed by atoms with Crippen molar-refractivity contribution in [2.75, 3.05) is 13.2 Å². The Kier molecular flexibility index (Phi) is 6.93. The van der Waals surface area contributed by atoms with Crippen LogP contribution in [-0.4, -0.2) is 38.5 Å². The van der Waals surface area contributed by atoms with Crippen molar-refractivity contribution in [3.8, 4) is 0 Å². The Hall–Kier alpha value is -2.93. The van der Waals surface area contributed by atoms with E-state index in [1.54, 1.807) is 24.3 Å². The molecular weight excluding hydrogens is 379 g/mol. The molecule has 1 aliphatic heterocycles. The first kappa shape index (κ1) is 20.4. The highest BCUT2D eigenvalue weighted by atomic mass is 16.7. The second kappa shape index (κ2) is 10.2. The number of carbonyl (C=O) groups is 1. The Morgan fingerprint density at radius 2 is 1.53 bits per heavy atom. The second-order valence-electron chi connectivity index (χ2n) is 7.05. The van der Waals surface area contributed by atoms with Gasteiger partial charge in [0, 0.05) is 0 Å². The zero-order valence-electron chi connectivity index (χ0n) is 16.6. The maximum absolute atomic E-state index is 12.4. The zero-order chi connectivity index (χ0) is 20.6. The van der Waals surface area contributed by atoms with Gasteiger partial charge in [0.25, 0.3) is 0 Å². The van der Waals surface area contributed by atoms with Crippen LogP contribution in [0, 0.1) is 0 Å². The predicted molar refractivity (Wildman–Crippen MR) is 114 cm³/mol. The minimum atomic E-state index is -0.525. The molecule has 0 spiro atoms. The van der Waals surface area contributed by atoms with Crippen LogP contribution in [-0.2, 0) is 25.4 Å². The number of hydrogen-bond acceptors (Lipinski definition) is 5. The molecule has 2 atom stereocenters. The SMILES string of the molecule is O=C(OC[C@@H]1OB(c2ccccc2)OC[C@@H]1OCc1ccccc1)c1ccccc1. The fourth-order valence-corrected chi connectivity index (χ4v) is 3.26. The van der Waals surface area contributed by atoms with Crippen LogP contribution in [0.2, 0.25) is 0 Å². The van der Waals surface area contributed by atoms with Crippen LogP contribution in [0.25, 0.3) is 0 Å². The standard InChI is InChI=1S/C24H23BO5/c26-24(20-12-6-2-7-13-20)28-17-23-22(27-16-19-10-4-1-5-11-19)18-29-25(30-23)21-14-8-3-9-15-21/h1-15,22-23H,16-18H2/t22-,23-/m0/s1. The van der Waals surface area contributed by atoms with Gasteiger partial charge in [0.1, 0.15) is 18.8 Å². The Morgan fingerprint density at radius 3 is 2.23 bits per heavy atom. The van der Waals surface area contributed by atoms with Crippen LogP contribution < -0.4 is 5.46 Å². The van der Waals surface area contributed by atoms with Crippen molar-refractivity contribution in [3.63, 3.8) is 0 Å². The maximum atomic E-state index is 12.4. The van der Waals surface area contributed by atoms with E-state index in [4.69, 9.17) is 18.8 Å². The molecule has 1 aliphatic rings. The lowest BCUT2D eigenvalue weighted by molar-refractivity contribution is -0.108. The van der Waals surface area contributed by atoms with E-state index in [2.05, 4.69) is 0 Å². The van der Waals surface area contributed by atoms with Gasteiger partial charge in [-0.2, -0.15) is 0 Å². The van der Waals surface area contributed by atoms with E-state index in [-0.39, 0.29) is 18.7 Å². The van der Waals surface area contributed by atoms with Crippen molar-refractivity contribution >= 4 is 18.6 Å². The quantitative estimate of drug-likeness (QED) is 0.449. The molecule has 0 radical (unpaired) electrons. The van der Waals surface area contributed by atoms with E-state index < -0.39 is 13.2 Å². The highest BCUT2D eigenvalue weighted by molar-refractivity contribution is 6.61. The van der Waals surface area contributed by atoms with Crippen molar-refractivity contribution in [2.45, 2.75) is 18.8 Å². The van der Waals surface area contributed by atoms with E-state index in [0.717, 1.165) is 11.0 Å². The molecule has 30 heavy (non-hydrogen) atoms. The third-order valence-corrected chi connectivity index (χ3v) is 4.89. The molecule has 1 heterocycles. The van der Waals surface area contributed by atoms with Gasteiger partial charge in [-0.1, -0.05) is 78.9 Å². The monoisotopic (exact) mass is 402 g/mol. The summed E-state index contributed by atoms with van der Waals surface area (Å²) in [5, 5.41) is 0. The van der Waals surface area contributed by atoms with Gasteiger partial charge in [-0.05, 0) is 23.2 Å². The molecule has 3 aromatic rings. The van der Waals surface area contributed by atoms with E-state index in [0.29, 0.717) is 18.8 Å². The smallest absolute Gasteiger partial charge is 0.459 e. The molecule has 6 heteroatoms. The van der Waals surface area contributed by atoms with Crippen molar-refractivity contribution in [3.05, 3.63) is 102 Å². The van der Waals surface area contributed by atoms with Crippen LogP contribution in [0.4, 0.5) is 0 Å². The first-order valence-corrected chi connectivity index (χ1v) is 9.99. The lowest BCUT2D eigenvalue weighted by Crippen LogP contribution is -2.54. The van der Waals surface area contributed by atoms with Gasteiger partial charge in [-0.15, -0.1) is 0 Å². The average Bonchev–Trinajstić information content (AvgIpc) is 2.83. The highest BCUT2D eigenvalue weighted by Gasteiger charge is 2.37. The third kappa shape index (κ3) is 5.36. The van der Waals surface area contributed by atoms with E-state index >= 15 is 0 Å². The number of hydrogen-bond donors (Lipinski definition) is 0. The topological polar surface area (TPSA) is 54.0 Å².